The first-order valence-electron chi connectivity index (χ1n) is 6.55. The van der Waals surface area contributed by atoms with Gasteiger partial charge in [0.05, 0.1) is 0 Å². The minimum Gasteiger partial charge on any atom is -0.316 e. The molecule has 1 atom stereocenters. The van der Waals surface area contributed by atoms with E-state index >= 15 is 0 Å². The molecule has 1 saturated carbocycles. The molecule has 0 heterocycles. The van der Waals surface area contributed by atoms with Crippen LogP contribution in [0, 0.1) is 11.3 Å². The molecular weight excluding hydrogens is 184 g/mol. The van der Waals surface area contributed by atoms with Crippen LogP contribution in [0.3, 0.4) is 0 Å². The second kappa shape index (κ2) is 5.86. The van der Waals surface area contributed by atoms with E-state index in [-0.39, 0.29) is 0 Å². The van der Waals surface area contributed by atoms with Crippen molar-refractivity contribution in [2.75, 3.05) is 19.6 Å². The number of hydrogen-bond donors (Lipinski definition) is 2. The molecule has 0 amide bonds. The summed E-state index contributed by atoms with van der Waals surface area (Å²) in [7, 11) is 0. The molecule has 1 aliphatic rings. The molecule has 1 unspecified atom stereocenters. The van der Waals surface area contributed by atoms with E-state index in [0.29, 0.717) is 11.5 Å². The molecule has 1 fully saturated rings. The summed E-state index contributed by atoms with van der Waals surface area (Å²) < 4.78 is 0. The van der Waals surface area contributed by atoms with Crippen molar-refractivity contribution in [2.45, 2.75) is 53.0 Å². The summed E-state index contributed by atoms with van der Waals surface area (Å²) in [5, 5.41) is 7.06. The third kappa shape index (κ3) is 4.12. The van der Waals surface area contributed by atoms with Gasteiger partial charge in [-0.2, -0.15) is 0 Å². The van der Waals surface area contributed by atoms with Crippen LogP contribution in [0.5, 0.6) is 0 Å². The molecule has 2 N–H and O–H groups in total. The van der Waals surface area contributed by atoms with Crippen LogP contribution in [0.25, 0.3) is 0 Å². The molecule has 1 aliphatic carbocycles. The lowest BCUT2D eigenvalue weighted by Crippen LogP contribution is -2.33. The Hall–Kier alpha value is -0.0800. The molecule has 0 aromatic heterocycles. The molecule has 1 rings (SSSR count). The summed E-state index contributed by atoms with van der Waals surface area (Å²) in [6, 6.07) is 0.650. The van der Waals surface area contributed by atoms with Crippen LogP contribution < -0.4 is 10.6 Å². The second-order valence-electron chi connectivity index (χ2n) is 5.44. The molecular formula is C13H28N2. The van der Waals surface area contributed by atoms with Crippen LogP contribution in [0.2, 0.25) is 0 Å². The number of nitrogens with one attached hydrogen (secondary N) is 2. The molecule has 0 aliphatic heterocycles. The maximum atomic E-state index is 3.62. The van der Waals surface area contributed by atoms with Gasteiger partial charge >= 0.3 is 0 Å². The van der Waals surface area contributed by atoms with Gasteiger partial charge in [-0.3, -0.25) is 0 Å². The topological polar surface area (TPSA) is 24.1 Å². The van der Waals surface area contributed by atoms with Crippen LogP contribution in [0.1, 0.15) is 47.0 Å². The summed E-state index contributed by atoms with van der Waals surface area (Å²) in [5.74, 6) is 0.844. The van der Waals surface area contributed by atoms with Gasteiger partial charge in [0.25, 0.3) is 0 Å². The fourth-order valence-electron chi connectivity index (χ4n) is 2.23. The molecule has 2 heteroatoms. The number of rotatable bonds is 8. The first kappa shape index (κ1) is 13.0. The predicted octanol–water partition coefficient (Wildman–Crippen LogP) is 2.40. The Kier molecular flexibility index (Phi) is 5.07. The van der Waals surface area contributed by atoms with Crippen LogP contribution >= 0.6 is 0 Å². The van der Waals surface area contributed by atoms with Crippen molar-refractivity contribution in [3.63, 3.8) is 0 Å². The van der Waals surface area contributed by atoms with Crippen LogP contribution in [0.4, 0.5) is 0 Å². The van der Waals surface area contributed by atoms with Crippen LogP contribution in [-0.4, -0.2) is 25.7 Å². The molecule has 2 nitrogen and oxygen atoms in total. The first-order chi connectivity index (χ1) is 7.10. The SMILES string of the molecule is CCNC(C)CCNCC1(C(C)C)CC1. The van der Waals surface area contributed by atoms with E-state index in [0.717, 1.165) is 19.0 Å². The standard InChI is InChI=1S/C13H28N2/c1-5-15-12(4)6-9-14-10-13(7-8-13)11(2)3/h11-12,14-15H,5-10H2,1-4H3. The highest BCUT2D eigenvalue weighted by atomic mass is 14.9. The van der Waals surface area contributed by atoms with E-state index < -0.39 is 0 Å². The van der Waals surface area contributed by atoms with Gasteiger partial charge in [0.2, 0.25) is 0 Å². The van der Waals surface area contributed by atoms with E-state index in [1.165, 1.54) is 25.8 Å². The normalized spacial score (nSPS) is 20.6. The summed E-state index contributed by atoms with van der Waals surface area (Å²) in [6.45, 7) is 12.6. The average molecular weight is 212 g/mol. The van der Waals surface area contributed by atoms with E-state index in [1.54, 1.807) is 0 Å². The van der Waals surface area contributed by atoms with Crippen molar-refractivity contribution in [3.05, 3.63) is 0 Å². The summed E-state index contributed by atoms with van der Waals surface area (Å²) in [5.41, 5.74) is 0.654. The van der Waals surface area contributed by atoms with Crippen molar-refractivity contribution in [1.29, 1.82) is 0 Å². The fourth-order valence-corrected chi connectivity index (χ4v) is 2.23. The molecule has 0 aromatic rings. The van der Waals surface area contributed by atoms with Gasteiger partial charge in [0.1, 0.15) is 0 Å². The fraction of sp³-hybridized carbons (Fsp3) is 1.00. The Morgan fingerprint density at radius 1 is 1.20 bits per heavy atom. The largest absolute Gasteiger partial charge is 0.316 e. The lowest BCUT2D eigenvalue weighted by atomic mass is 9.92. The highest BCUT2D eigenvalue weighted by Crippen LogP contribution is 2.51. The lowest BCUT2D eigenvalue weighted by Gasteiger charge is -2.21. The Bertz CT molecular complexity index is 173. The maximum absolute atomic E-state index is 3.62. The quantitative estimate of drug-likeness (QED) is 0.604. The molecule has 0 bridgehead atoms. The Morgan fingerprint density at radius 3 is 2.33 bits per heavy atom. The van der Waals surface area contributed by atoms with Gasteiger partial charge in [0.15, 0.2) is 0 Å². The van der Waals surface area contributed by atoms with Crippen molar-refractivity contribution in [2.24, 2.45) is 11.3 Å². The summed E-state index contributed by atoms with van der Waals surface area (Å²) in [4.78, 5) is 0. The first-order valence-corrected chi connectivity index (χ1v) is 6.55. The molecule has 15 heavy (non-hydrogen) atoms. The molecule has 0 saturated heterocycles. The van der Waals surface area contributed by atoms with Gasteiger partial charge in [-0.15, -0.1) is 0 Å². The van der Waals surface area contributed by atoms with E-state index in [1.807, 2.05) is 0 Å². The zero-order chi connectivity index (χ0) is 11.3. The predicted molar refractivity (Wildman–Crippen MR) is 67.1 cm³/mol. The highest BCUT2D eigenvalue weighted by molar-refractivity contribution is 4.97. The van der Waals surface area contributed by atoms with Gasteiger partial charge in [-0.25, -0.2) is 0 Å². The third-order valence-electron chi connectivity index (χ3n) is 3.90. The zero-order valence-corrected chi connectivity index (χ0v) is 10.9. The lowest BCUT2D eigenvalue weighted by molar-refractivity contribution is 0.334. The van der Waals surface area contributed by atoms with E-state index in [9.17, 15) is 0 Å². The van der Waals surface area contributed by atoms with Crippen molar-refractivity contribution in [3.8, 4) is 0 Å². The van der Waals surface area contributed by atoms with E-state index in [2.05, 4.69) is 38.3 Å². The van der Waals surface area contributed by atoms with Gasteiger partial charge in [-0.05, 0) is 50.6 Å². The van der Waals surface area contributed by atoms with Crippen molar-refractivity contribution in [1.82, 2.24) is 10.6 Å². The monoisotopic (exact) mass is 212 g/mol. The van der Waals surface area contributed by atoms with Crippen molar-refractivity contribution < 1.29 is 0 Å². The number of hydrogen-bond acceptors (Lipinski definition) is 2. The Labute approximate surface area is 95.2 Å². The second-order valence-corrected chi connectivity index (χ2v) is 5.44. The van der Waals surface area contributed by atoms with Gasteiger partial charge in [-0.1, -0.05) is 20.8 Å². The smallest absolute Gasteiger partial charge is 0.00506 e. The molecule has 90 valence electrons. The summed E-state index contributed by atoms with van der Waals surface area (Å²) in [6.07, 6.45) is 4.10. The molecule has 0 radical (unpaired) electrons. The zero-order valence-electron chi connectivity index (χ0n) is 10.9. The summed E-state index contributed by atoms with van der Waals surface area (Å²) >= 11 is 0. The Morgan fingerprint density at radius 2 is 1.87 bits per heavy atom. The maximum Gasteiger partial charge on any atom is 0.00506 e. The third-order valence-corrected chi connectivity index (χ3v) is 3.90. The van der Waals surface area contributed by atoms with Crippen LogP contribution in [0.15, 0.2) is 0 Å². The molecule has 0 aromatic carbocycles. The average Bonchev–Trinajstić information content (AvgIpc) is 2.94. The van der Waals surface area contributed by atoms with Crippen molar-refractivity contribution >= 4 is 0 Å². The van der Waals surface area contributed by atoms with Gasteiger partial charge < -0.3 is 10.6 Å². The van der Waals surface area contributed by atoms with E-state index in [4.69, 9.17) is 0 Å². The Balaban J connectivity index is 2.02. The van der Waals surface area contributed by atoms with Gasteiger partial charge in [0, 0.05) is 12.6 Å². The van der Waals surface area contributed by atoms with Crippen LogP contribution in [-0.2, 0) is 0 Å². The highest BCUT2D eigenvalue weighted by Gasteiger charge is 2.44. The minimum absolute atomic E-state index is 0.650. The minimum atomic E-state index is 0.650. The molecule has 0 spiro atoms.